The first-order chi connectivity index (χ1) is 8.20. The van der Waals surface area contributed by atoms with E-state index in [-0.39, 0.29) is 0 Å². The molecule has 94 valence electrons. The van der Waals surface area contributed by atoms with Crippen molar-refractivity contribution in [3.63, 3.8) is 0 Å². The highest BCUT2D eigenvalue weighted by molar-refractivity contribution is 8.00. The van der Waals surface area contributed by atoms with Crippen LogP contribution in [0.5, 0.6) is 0 Å². The predicted molar refractivity (Wildman–Crippen MR) is 77.0 cm³/mol. The number of hydrogen-bond acceptors (Lipinski definition) is 2. The van der Waals surface area contributed by atoms with Gasteiger partial charge in [0.25, 0.3) is 0 Å². The first kappa shape index (κ1) is 13.3. The summed E-state index contributed by atoms with van der Waals surface area (Å²) in [7, 11) is 2.07. The van der Waals surface area contributed by atoms with Crippen molar-refractivity contribution in [1.29, 1.82) is 0 Å². The molecule has 3 unspecified atom stereocenters. The Kier molecular flexibility index (Phi) is 4.78. The summed E-state index contributed by atoms with van der Waals surface area (Å²) in [5.74, 6) is 0.833. The highest BCUT2D eigenvalue weighted by Gasteiger charge is 2.28. The van der Waals surface area contributed by atoms with Crippen LogP contribution in [-0.4, -0.2) is 18.3 Å². The fourth-order valence-corrected chi connectivity index (χ4v) is 4.29. The fourth-order valence-electron chi connectivity index (χ4n) is 2.49. The van der Waals surface area contributed by atoms with Crippen molar-refractivity contribution >= 4 is 23.4 Å². The number of halogens is 1. The minimum atomic E-state index is 0.618. The Morgan fingerprint density at radius 3 is 2.76 bits per heavy atom. The van der Waals surface area contributed by atoms with Crippen molar-refractivity contribution in [2.45, 2.75) is 42.4 Å². The molecule has 1 aliphatic carbocycles. The van der Waals surface area contributed by atoms with E-state index in [1.807, 2.05) is 23.9 Å². The number of rotatable bonds is 3. The van der Waals surface area contributed by atoms with Crippen LogP contribution in [0.15, 0.2) is 29.2 Å². The topological polar surface area (TPSA) is 12.0 Å². The second-order valence-electron chi connectivity index (χ2n) is 4.90. The van der Waals surface area contributed by atoms with Gasteiger partial charge in [0.2, 0.25) is 0 Å². The zero-order valence-electron chi connectivity index (χ0n) is 10.4. The zero-order valence-corrected chi connectivity index (χ0v) is 12.0. The summed E-state index contributed by atoms with van der Waals surface area (Å²) in [4.78, 5) is 1.22. The van der Waals surface area contributed by atoms with Gasteiger partial charge in [-0.25, -0.2) is 0 Å². The zero-order chi connectivity index (χ0) is 12.3. The van der Waals surface area contributed by atoms with E-state index in [0.29, 0.717) is 11.3 Å². The second-order valence-corrected chi connectivity index (χ2v) is 6.59. The van der Waals surface area contributed by atoms with Crippen LogP contribution in [0.2, 0.25) is 5.02 Å². The van der Waals surface area contributed by atoms with Gasteiger partial charge in [-0.15, -0.1) is 11.8 Å². The van der Waals surface area contributed by atoms with Crippen LogP contribution in [0.4, 0.5) is 0 Å². The van der Waals surface area contributed by atoms with Gasteiger partial charge in [-0.3, -0.25) is 0 Å². The van der Waals surface area contributed by atoms with Crippen molar-refractivity contribution < 1.29 is 0 Å². The lowest BCUT2D eigenvalue weighted by Crippen LogP contribution is -2.40. The molecule has 1 N–H and O–H groups in total. The van der Waals surface area contributed by atoms with Crippen molar-refractivity contribution in [2.75, 3.05) is 7.05 Å². The first-order valence-corrected chi connectivity index (χ1v) is 7.55. The van der Waals surface area contributed by atoms with Gasteiger partial charge in [0, 0.05) is 16.2 Å². The van der Waals surface area contributed by atoms with E-state index in [9.17, 15) is 0 Å². The molecule has 1 aromatic carbocycles. The third-order valence-corrected chi connectivity index (χ3v) is 5.42. The van der Waals surface area contributed by atoms with E-state index in [2.05, 4.69) is 31.4 Å². The molecule has 0 aliphatic heterocycles. The smallest absolute Gasteiger partial charge is 0.0541 e. The molecule has 3 atom stereocenters. The Labute approximate surface area is 113 Å². The van der Waals surface area contributed by atoms with Crippen LogP contribution in [0.25, 0.3) is 0 Å². The number of thioether (sulfide) groups is 1. The first-order valence-electron chi connectivity index (χ1n) is 6.29. The largest absolute Gasteiger partial charge is 0.316 e. The normalized spacial score (nSPS) is 29.2. The maximum atomic E-state index is 6.23. The quantitative estimate of drug-likeness (QED) is 0.882. The molecule has 1 nitrogen and oxygen atoms in total. The van der Waals surface area contributed by atoms with E-state index in [1.54, 1.807) is 0 Å². The van der Waals surface area contributed by atoms with Crippen molar-refractivity contribution in [2.24, 2.45) is 5.92 Å². The lowest BCUT2D eigenvalue weighted by Gasteiger charge is -2.34. The third-order valence-electron chi connectivity index (χ3n) is 3.54. The Balaban J connectivity index is 2.07. The summed E-state index contributed by atoms with van der Waals surface area (Å²) in [6.45, 7) is 2.35. The van der Waals surface area contributed by atoms with Crippen LogP contribution in [0.3, 0.4) is 0 Å². The average molecular weight is 270 g/mol. The summed E-state index contributed by atoms with van der Waals surface area (Å²) in [5.41, 5.74) is 0. The van der Waals surface area contributed by atoms with Crippen LogP contribution < -0.4 is 5.32 Å². The summed E-state index contributed by atoms with van der Waals surface area (Å²) in [6, 6.07) is 8.77. The van der Waals surface area contributed by atoms with E-state index < -0.39 is 0 Å². The molecule has 0 bridgehead atoms. The lowest BCUT2D eigenvalue weighted by molar-refractivity contribution is 0.329. The molecule has 1 saturated carbocycles. The molecule has 1 aliphatic rings. The van der Waals surface area contributed by atoms with Gasteiger partial charge in [-0.2, -0.15) is 0 Å². The fraction of sp³-hybridized carbons (Fsp3) is 0.571. The SMILES string of the molecule is CNC1CCC(C)CC1Sc1ccccc1Cl. The van der Waals surface area contributed by atoms with Crippen molar-refractivity contribution in [1.82, 2.24) is 5.32 Å². The molecule has 0 saturated heterocycles. The van der Waals surface area contributed by atoms with E-state index >= 15 is 0 Å². The molecular formula is C14H20ClNS. The number of hydrogen-bond donors (Lipinski definition) is 1. The summed E-state index contributed by atoms with van der Waals surface area (Å²) in [6.07, 6.45) is 3.90. The van der Waals surface area contributed by atoms with Gasteiger partial charge < -0.3 is 5.32 Å². The minimum Gasteiger partial charge on any atom is -0.316 e. The monoisotopic (exact) mass is 269 g/mol. The van der Waals surface area contributed by atoms with Crippen LogP contribution in [-0.2, 0) is 0 Å². The van der Waals surface area contributed by atoms with Gasteiger partial charge in [0.1, 0.15) is 0 Å². The number of nitrogens with one attached hydrogen (secondary N) is 1. The minimum absolute atomic E-state index is 0.618. The average Bonchev–Trinajstić information content (AvgIpc) is 2.32. The van der Waals surface area contributed by atoms with Crippen molar-refractivity contribution in [3.05, 3.63) is 29.3 Å². The Bertz CT molecular complexity index is 369. The second kappa shape index (κ2) is 6.12. The molecule has 3 heteroatoms. The van der Waals surface area contributed by atoms with Gasteiger partial charge in [-0.05, 0) is 44.4 Å². The Morgan fingerprint density at radius 1 is 1.29 bits per heavy atom. The van der Waals surface area contributed by atoms with E-state index in [4.69, 9.17) is 11.6 Å². The van der Waals surface area contributed by atoms with Crippen LogP contribution >= 0.6 is 23.4 Å². The van der Waals surface area contributed by atoms with Gasteiger partial charge >= 0.3 is 0 Å². The molecule has 0 spiro atoms. The highest BCUT2D eigenvalue weighted by atomic mass is 35.5. The third kappa shape index (κ3) is 3.40. The summed E-state index contributed by atoms with van der Waals surface area (Å²) in [5, 5.41) is 4.97. The number of benzene rings is 1. The summed E-state index contributed by atoms with van der Waals surface area (Å²) < 4.78 is 0. The molecule has 0 aromatic heterocycles. The van der Waals surface area contributed by atoms with Crippen molar-refractivity contribution in [3.8, 4) is 0 Å². The van der Waals surface area contributed by atoms with Crippen LogP contribution in [0.1, 0.15) is 26.2 Å². The predicted octanol–water partition coefficient (Wildman–Crippen LogP) is 4.21. The van der Waals surface area contributed by atoms with Gasteiger partial charge in [-0.1, -0.05) is 30.7 Å². The molecular weight excluding hydrogens is 250 g/mol. The van der Waals surface area contributed by atoms with E-state index in [0.717, 1.165) is 10.9 Å². The molecule has 0 radical (unpaired) electrons. The molecule has 17 heavy (non-hydrogen) atoms. The van der Waals surface area contributed by atoms with Gasteiger partial charge in [0.15, 0.2) is 0 Å². The standard InChI is InChI=1S/C14H20ClNS/c1-10-7-8-12(16-2)14(9-10)17-13-6-4-3-5-11(13)15/h3-6,10,12,14,16H,7-9H2,1-2H3. The molecule has 1 aromatic rings. The van der Waals surface area contributed by atoms with Gasteiger partial charge in [0.05, 0.1) is 5.02 Å². The highest BCUT2D eigenvalue weighted by Crippen LogP contribution is 2.38. The molecule has 2 rings (SSSR count). The lowest BCUT2D eigenvalue weighted by atomic mass is 9.87. The van der Waals surface area contributed by atoms with E-state index in [1.165, 1.54) is 24.2 Å². The molecule has 0 amide bonds. The maximum Gasteiger partial charge on any atom is 0.0541 e. The Morgan fingerprint density at radius 2 is 2.06 bits per heavy atom. The molecule has 0 heterocycles. The maximum absolute atomic E-state index is 6.23. The molecule has 1 fully saturated rings. The summed E-state index contributed by atoms with van der Waals surface area (Å²) >= 11 is 8.16. The Hall–Kier alpha value is -0.180. The van der Waals surface area contributed by atoms with Crippen LogP contribution in [0, 0.1) is 5.92 Å².